The lowest BCUT2D eigenvalue weighted by atomic mass is 10.1. The number of hydrogen-bond acceptors (Lipinski definition) is 4. The molecule has 2 aromatic rings. The summed E-state index contributed by atoms with van der Waals surface area (Å²) in [5, 5.41) is 0.216. The number of carbonyl (C=O) groups excluding carboxylic acids is 1. The third-order valence-corrected chi connectivity index (χ3v) is 7.62. The van der Waals surface area contributed by atoms with Crippen molar-refractivity contribution in [2.24, 2.45) is 5.92 Å². The molecule has 0 spiro atoms. The van der Waals surface area contributed by atoms with Crippen LogP contribution in [0.2, 0.25) is 5.02 Å². The smallest absolute Gasteiger partial charge is 0.244 e. The van der Waals surface area contributed by atoms with Gasteiger partial charge in [0.25, 0.3) is 0 Å². The Hall–Kier alpha value is -1.96. The van der Waals surface area contributed by atoms with Gasteiger partial charge < -0.3 is 4.90 Å². The molecule has 0 unspecified atom stereocenters. The van der Waals surface area contributed by atoms with E-state index in [1.165, 1.54) is 10.4 Å². The van der Waals surface area contributed by atoms with Crippen LogP contribution in [0.25, 0.3) is 0 Å². The number of carbonyl (C=O) groups is 1. The van der Waals surface area contributed by atoms with Gasteiger partial charge in [0.15, 0.2) is 0 Å². The summed E-state index contributed by atoms with van der Waals surface area (Å²) in [6.07, 6.45) is 4.37. The predicted octanol–water partition coefficient (Wildman–Crippen LogP) is 2.37. The number of aromatic nitrogens is 1. The van der Waals surface area contributed by atoms with Crippen LogP contribution >= 0.6 is 11.6 Å². The summed E-state index contributed by atoms with van der Waals surface area (Å²) in [7, 11) is -3.65. The first kappa shape index (κ1) is 18.4. The Morgan fingerprint density at radius 2 is 1.81 bits per heavy atom. The zero-order valence-electron chi connectivity index (χ0n) is 14.7. The molecule has 0 N–H and O–H groups in total. The maximum Gasteiger partial charge on any atom is 0.244 e. The average Bonchev–Trinajstić information content (AvgIpc) is 3.49. The molecular weight excluding hydrogens is 386 g/mol. The van der Waals surface area contributed by atoms with E-state index in [0.29, 0.717) is 13.1 Å². The molecule has 0 bridgehead atoms. The second kappa shape index (κ2) is 7.22. The topological polar surface area (TPSA) is 70.6 Å². The third kappa shape index (κ3) is 3.59. The van der Waals surface area contributed by atoms with Crippen LogP contribution in [0.15, 0.2) is 53.7 Å². The van der Waals surface area contributed by atoms with Crippen molar-refractivity contribution in [3.8, 4) is 0 Å². The van der Waals surface area contributed by atoms with Crippen LogP contribution in [0.4, 0.5) is 0 Å². The largest absolute Gasteiger partial charge is 0.340 e. The number of pyridine rings is 1. The highest BCUT2D eigenvalue weighted by atomic mass is 35.5. The summed E-state index contributed by atoms with van der Waals surface area (Å²) in [6.45, 7) is 1.37. The highest BCUT2D eigenvalue weighted by Crippen LogP contribution is 2.48. The van der Waals surface area contributed by atoms with Crippen molar-refractivity contribution in [3.63, 3.8) is 0 Å². The number of nitrogens with zero attached hydrogens (tertiary/aromatic N) is 3. The Labute approximate surface area is 163 Å². The molecule has 2 aliphatic rings. The van der Waals surface area contributed by atoms with Gasteiger partial charge in [0.05, 0.1) is 5.02 Å². The Morgan fingerprint density at radius 1 is 1.07 bits per heavy atom. The minimum atomic E-state index is -3.65. The first-order valence-electron chi connectivity index (χ1n) is 8.92. The van der Waals surface area contributed by atoms with Gasteiger partial charge >= 0.3 is 0 Å². The number of halogens is 1. The van der Waals surface area contributed by atoms with Gasteiger partial charge in [-0.25, -0.2) is 8.42 Å². The quantitative estimate of drug-likeness (QED) is 0.783. The van der Waals surface area contributed by atoms with Crippen molar-refractivity contribution in [1.82, 2.24) is 14.2 Å². The fourth-order valence-electron chi connectivity index (χ4n) is 3.61. The van der Waals surface area contributed by atoms with Crippen LogP contribution in [0, 0.1) is 5.92 Å². The SMILES string of the molecule is O=C([C@H]1C[C@@H]1c1cccnc1)N1CCN(S(=O)(=O)c2ccccc2Cl)CC1. The first-order valence-corrected chi connectivity index (χ1v) is 10.7. The highest BCUT2D eigenvalue weighted by Gasteiger charge is 2.46. The van der Waals surface area contributed by atoms with Crippen LogP contribution in [0.5, 0.6) is 0 Å². The normalized spacial score (nSPS) is 23.2. The number of amides is 1. The van der Waals surface area contributed by atoms with Gasteiger partial charge in [-0.3, -0.25) is 9.78 Å². The molecule has 0 radical (unpaired) electrons. The first-order chi connectivity index (χ1) is 13.0. The molecule has 142 valence electrons. The molecule has 1 aliphatic carbocycles. The van der Waals surface area contributed by atoms with Gasteiger partial charge in [-0.2, -0.15) is 4.31 Å². The lowest BCUT2D eigenvalue weighted by Gasteiger charge is -2.34. The molecule has 1 aliphatic heterocycles. The van der Waals surface area contributed by atoms with Crippen LogP contribution in [0.1, 0.15) is 17.9 Å². The van der Waals surface area contributed by atoms with Crippen molar-refractivity contribution < 1.29 is 13.2 Å². The second-order valence-electron chi connectivity index (χ2n) is 6.89. The zero-order chi connectivity index (χ0) is 19.0. The molecule has 1 aromatic heterocycles. The zero-order valence-corrected chi connectivity index (χ0v) is 16.2. The molecule has 2 fully saturated rings. The summed E-state index contributed by atoms with van der Waals surface area (Å²) < 4.78 is 27.0. The second-order valence-corrected chi connectivity index (χ2v) is 9.21. The molecular formula is C19H20ClN3O3S. The summed E-state index contributed by atoms with van der Waals surface area (Å²) in [5.74, 6) is 0.329. The summed E-state index contributed by atoms with van der Waals surface area (Å²) in [6, 6.07) is 10.3. The number of benzene rings is 1. The monoisotopic (exact) mass is 405 g/mol. The van der Waals surface area contributed by atoms with E-state index < -0.39 is 10.0 Å². The van der Waals surface area contributed by atoms with Crippen LogP contribution < -0.4 is 0 Å². The Kier molecular flexibility index (Phi) is 4.92. The maximum absolute atomic E-state index is 12.8. The number of rotatable bonds is 4. The number of sulfonamides is 1. The fourth-order valence-corrected chi connectivity index (χ4v) is 5.52. The van der Waals surface area contributed by atoms with E-state index in [4.69, 9.17) is 11.6 Å². The fraction of sp³-hybridized carbons (Fsp3) is 0.368. The molecule has 6 nitrogen and oxygen atoms in total. The summed E-state index contributed by atoms with van der Waals surface area (Å²) in [4.78, 5) is 18.8. The molecule has 2 atom stereocenters. The Morgan fingerprint density at radius 3 is 2.48 bits per heavy atom. The minimum Gasteiger partial charge on any atom is -0.340 e. The molecule has 27 heavy (non-hydrogen) atoms. The average molecular weight is 406 g/mol. The van der Waals surface area contributed by atoms with E-state index in [1.807, 2.05) is 18.3 Å². The van der Waals surface area contributed by atoms with Crippen LogP contribution in [-0.2, 0) is 14.8 Å². The van der Waals surface area contributed by atoms with Gasteiger partial charge in [0.2, 0.25) is 15.9 Å². The van der Waals surface area contributed by atoms with Crippen LogP contribution in [-0.4, -0.2) is 54.7 Å². The summed E-state index contributed by atoms with van der Waals surface area (Å²) in [5.41, 5.74) is 1.09. The van der Waals surface area contributed by atoms with Gasteiger partial charge in [-0.15, -0.1) is 0 Å². The Balaban J connectivity index is 1.38. The molecule has 1 amide bonds. The Bertz CT molecular complexity index is 944. The van der Waals surface area contributed by atoms with Gasteiger partial charge in [-0.1, -0.05) is 29.8 Å². The van der Waals surface area contributed by atoms with Crippen molar-refractivity contribution in [1.29, 1.82) is 0 Å². The van der Waals surface area contributed by atoms with Crippen molar-refractivity contribution in [2.45, 2.75) is 17.2 Å². The van der Waals surface area contributed by atoms with Gasteiger partial charge in [0.1, 0.15) is 4.90 Å². The predicted molar refractivity (Wildman–Crippen MR) is 102 cm³/mol. The van der Waals surface area contributed by atoms with E-state index in [9.17, 15) is 13.2 Å². The highest BCUT2D eigenvalue weighted by molar-refractivity contribution is 7.89. The van der Waals surface area contributed by atoms with Gasteiger partial charge in [-0.05, 0) is 36.1 Å². The lowest BCUT2D eigenvalue weighted by molar-refractivity contribution is -0.133. The number of piperazine rings is 1. The number of hydrogen-bond donors (Lipinski definition) is 0. The molecule has 4 rings (SSSR count). The third-order valence-electron chi connectivity index (χ3n) is 5.22. The van der Waals surface area contributed by atoms with Crippen molar-refractivity contribution in [2.75, 3.05) is 26.2 Å². The van der Waals surface area contributed by atoms with E-state index in [1.54, 1.807) is 29.3 Å². The standard InChI is InChI=1S/C19H20ClN3O3S/c20-17-5-1-2-6-18(17)27(25,26)23-10-8-22(9-11-23)19(24)16-12-15(16)14-4-3-7-21-13-14/h1-7,13,15-16H,8-12H2/t15-,16+/m1/s1. The van der Waals surface area contributed by atoms with Crippen LogP contribution in [0.3, 0.4) is 0 Å². The minimum absolute atomic E-state index is 0.0130. The van der Waals surface area contributed by atoms with E-state index in [0.717, 1.165) is 12.0 Å². The summed E-state index contributed by atoms with van der Waals surface area (Å²) >= 11 is 6.06. The van der Waals surface area contributed by atoms with E-state index >= 15 is 0 Å². The van der Waals surface area contributed by atoms with E-state index in [-0.39, 0.29) is 40.8 Å². The lowest BCUT2D eigenvalue weighted by Crippen LogP contribution is -2.51. The molecule has 8 heteroatoms. The molecule has 1 saturated heterocycles. The maximum atomic E-state index is 12.8. The van der Waals surface area contributed by atoms with Gasteiger partial charge in [0, 0.05) is 44.5 Å². The molecule has 2 heterocycles. The molecule has 1 saturated carbocycles. The van der Waals surface area contributed by atoms with Crippen molar-refractivity contribution >= 4 is 27.5 Å². The van der Waals surface area contributed by atoms with Crippen molar-refractivity contribution in [3.05, 3.63) is 59.4 Å². The van der Waals surface area contributed by atoms with E-state index in [2.05, 4.69) is 4.98 Å². The molecule has 1 aromatic carbocycles.